The number of carboxylic acids is 1. The van der Waals surface area contributed by atoms with E-state index in [0.29, 0.717) is 19.5 Å². The van der Waals surface area contributed by atoms with Gasteiger partial charge in [0.1, 0.15) is 11.5 Å². The zero-order valence-corrected chi connectivity index (χ0v) is 10.2. The summed E-state index contributed by atoms with van der Waals surface area (Å²) in [4.78, 5) is 24.3. The Morgan fingerprint density at radius 2 is 2.05 bits per heavy atom. The fourth-order valence-corrected chi connectivity index (χ4v) is 2.30. The number of nitrogens with zero attached hydrogens (tertiary/aromatic N) is 1. The Labute approximate surface area is 109 Å². The van der Waals surface area contributed by atoms with Crippen molar-refractivity contribution in [3.05, 3.63) is 23.8 Å². The maximum Gasteiger partial charge on any atom is 0.303 e. The second kappa shape index (κ2) is 5.17. The van der Waals surface area contributed by atoms with Gasteiger partial charge in [0.25, 0.3) is 5.91 Å². The van der Waals surface area contributed by atoms with Crippen molar-refractivity contribution in [1.29, 1.82) is 0 Å². The van der Waals surface area contributed by atoms with E-state index in [-0.39, 0.29) is 35.3 Å². The molecular formula is C13H15NO5. The van der Waals surface area contributed by atoms with Crippen LogP contribution in [-0.2, 0) is 4.79 Å². The van der Waals surface area contributed by atoms with Gasteiger partial charge in [0.15, 0.2) is 0 Å². The normalized spacial score (nSPS) is 18.5. The summed E-state index contributed by atoms with van der Waals surface area (Å²) < 4.78 is 0. The van der Waals surface area contributed by atoms with E-state index in [1.807, 2.05) is 0 Å². The standard InChI is InChI=1S/C13H15NO5/c15-9-1-2-11(16)10(6-9)13(19)14-4-3-8(7-14)5-12(17)18/h1-2,6,8,15-16H,3-5,7H2,(H,17,18). The molecule has 6 nitrogen and oxygen atoms in total. The van der Waals surface area contributed by atoms with Gasteiger partial charge in [-0.05, 0) is 30.5 Å². The number of amides is 1. The van der Waals surface area contributed by atoms with Crippen molar-refractivity contribution in [2.45, 2.75) is 12.8 Å². The van der Waals surface area contributed by atoms with Crippen molar-refractivity contribution < 1.29 is 24.9 Å². The minimum absolute atomic E-state index is 0.0375. The number of aromatic hydroxyl groups is 2. The number of carbonyl (C=O) groups is 2. The fourth-order valence-electron chi connectivity index (χ4n) is 2.30. The molecule has 6 heteroatoms. The predicted octanol–water partition coefficient (Wildman–Crippen LogP) is 1.03. The van der Waals surface area contributed by atoms with E-state index in [1.54, 1.807) is 0 Å². The number of hydrogen-bond donors (Lipinski definition) is 3. The van der Waals surface area contributed by atoms with Crippen LogP contribution < -0.4 is 0 Å². The van der Waals surface area contributed by atoms with Gasteiger partial charge in [0.2, 0.25) is 0 Å². The number of phenolic OH excluding ortho intramolecular Hbond substituents is 2. The van der Waals surface area contributed by atoms with Gasteiger partial charge >= 0.3 is 5.97 Å². The first kappa shape index (κ1) is 13.2. The molecular weight excluding hydrogens is 250 g/mol. The van der Waals surface area contributed by atoms with Crippen LogP contribution in [0.25, 0.3) is 0 Å². The fraction of sp³-hybridized carbons (Fsp3) is 0.385. The minimum Gasteiger partial charge on any atom is -0.508 e. The van der Waals surface area contributed by atoms with Crippen LogP contribution in [0.3, 0.4) is 0 Å². The first-order valence-electron chi connectivity index (χ1n) is 6.00. The molecule has 1 amide bonds. The first-order chi connectivity index (χ1) is 8.97. The molecule has 0 aromatic heterocycles. The third-order valence-corrected chi connectivity index (χ3v) is 3.25. The molecule has 19 heavy (non-hydrogen) atoms. The highest BCUT2D eigenvalue weighted by atomic mass is 16.4. The van der Waals surface area contributed by atoms with Crippen LogP contribution in [0.2, 0.25) is 0 Å². The van der Waals surface area contributed by atoms with Gasteiger partial charge in [0, 0.05) is 19.5 Å². The highest BCUT2D eigenvalue weighted by Gasteiger charge is 2.29. The highest BCUT2D eigenvalue weighted by molar-refractivity contribution is 5.97. The van der Waals surface area contributed by atoms with Crippen LogP contribution in [0.4, 0.5) is 0 Å². The van der Waals surface area contributed by atoms with Gasteiger partial charge in [-0.3, -0.25) is 9.59 Å². The molecule has 3 N–H and O–H groups in total. The van der Waals surface area contributed by atoms with Gasteiger partial charge < -0.3 is 20.2 Å². The molecule has 1 aliphatic rings. The first-order valence-corrected chi connectivity index (χ1v) is 6.00. The third-order valence-electron chi connectivity index (χ3n) is 3.25. The second-order valence-electron chi connectivity index (χ2n) is 4.71. The second-order valence-corrected chi connectivity index (χ2v) is 4.71. The van der Waals surface area contributed by atoms with Gasteiger partial charge in [-0.25, -0.2) is 0 Å². The van der Waals surface area contributed by atoms with E-state index in [4.69, 9.17) is 5.11 Å². The van der Waals surface area contributed by atoms with Crippen molar-refractivity contribution >= 4 is 11.9 Å². The third kappa shape index (κ3) is 2.96. The lowest BCUT2D eigenvalue weighted by atomic mass is 10.1. The molecule has 0 radical (unpaired) electrons. The Hall–Kier alpha value is -2.24. The molecule has 1 aromatic rings. The zero-order valence-electron chi connectivity index (χ0n) is 10.2. The van der Waals surface area contributed by atoms with Crippen molar-refractivity contribution in [2.24, 2.45) is 5.92 Å². The molecule has 1 aromatic carbocycles. The van der Waals surface area contributed by atoms with Gasteiger partial charge in [-0.2, -0.15) is 0 Å². The maximum atomic E-state index is 12.2. The number of carbonyl (C=O) groups excluding carboxylic acids is 1. The number of carboxylic acid groups (broad SMARTS) is 1. The van der Waals surface area contributed by atoms with E-state index >= 15 is 0 Å². The van der Waals surface area contributed by atoms with E-state index < -0.39 is 5.97 Å². The summed E-state index contributed by atoms with van der Waals surface area (Å²) in [6, 6.07) is 3.76. The topological polar surface area (TPSA) is 98.1 Å². The van der Waals surface area contributed by atoms with Crippen LogP contribution in [0.5, 0.6) is 11.5 Å². The molecule has 102 valence electrons. The smallest absolute Gasteiger partial charge is 0.303 e. The molecule has 1 heterocycles. The Kier molecular flexibility index (Phi) is 3.59. The monoisotopic (exact) mass is 265 g/mol. The quantitative estimate of drug-likeness (QED) is 0.709. The Morgan fingerprint density at radius 3 is 2.74 bits per heavy atom. The minimum atomic E-state index is -0.875. The molecule has 1 fully saturated rings. The molecule has 1 aliphatic heterocycles. The summed E-state index contributed by atoms with van der Waals surface area (Å²) in [5.74, 6) is -1.60. The Morgan fingerprint density at radius 1 is 1.32 bits per heavy atom. The molecule has 1 unspecified atom stereocenters. The van der Waals surface area contributed by atoms with Crippen LogP contribution in [0, 0.1) is 5.92 Å². The number of benzene rings is 1. The van der Waals surface area contributed by atoms with Gasteiger partial charge in [0.05, 0.1) is 5.56 Å². The van der Waals surface area contributed by atoms with Crippen molar-refractivity contribution in [2.75, 3.05) is 13.1 Å². The summed E-state index contributed by atoms with van der Waals surface area (Å²) in [5.41, 5.74) is 0.0379. The van der Waals surface area contributed by atoms with E-state index in [2.05, 4.69) is 0 Å². The summed E-state index contributed by atoms with van der Waals surface area (Å²) in [7, 11) is 0. The average Bonchev–Trinajstić information content (AvgIpc) is 2.79. The summed E-state index contributed by atoms with van der Waals surface area (Å²) in [5, 5.41) is 27.7. The molecule has 2 rings (SSSR count). The van der Waals surface area contributed by atoms with Crippen molar-refractivity contribution in [3.63, 3.8) is 0 Å². The van der Waals surface area contributed by atoms with E-state index in [9.17, 15) is 19.8 Å². The number of rotatable bonds is 3. The lowest BCUT2D eigenvalue weighted by molar-refractivity contribution is -0.138. The molecule has 1 atom stereocenters. The summed E-state index contributed by atoms with van der Waals surface area (Å²) in [6.07, 6.45) is 0.674. The lowest BCUT2D eigenvalue weighted by Crippen LogP contribution is -2.29. The molecule has 0 bridgehead atoms. The van der Waals surface area contributed by atoms with Crippen LogP contribution in [0.15, 0.2) is 18.2 Å². The maximum absolute atomic E-state index is 12.2. The Balaban J connectivity index is 2.09. The number of hydrogen-bond acceptors (Lipinski definition) is 4. The molecule has 1 saturated heterocycles. The largest absolute Gasteiger partial charge is 0.508 e. The zero-order chi connectivity index (χ0) is 14.0. The van der Waals surface area contributed by atoms with E-state index in [1.165, 1.54) is 23.1 Å². The molecule has 0 spiro atoms. The Bertz CT molecular complexity index is 514. The predicted molar refractivity (Wildman–Crippen MR) is 66.0 cm³/mol. The SMILES string of the molecule is O=C(O)CC1CCN(C(=O)c2cc(O)ccc2O)C1. The average molecular weight is 265 g/mol. The van der Waals surface area contributed by atoms with Gasteiger partial charge in [-0.1, -0.05) is 0 Å². The van der Waals surface area contributed by atoms with E-state index in [0.717, 1.165) is 0 Å². The summed E-state index contributed by atoms with van der Waals surface area (Å²) >= 11 is 0. The van der Waals surface area contributed by atoms with Gasteiger partial charge in [-0.15, -0.1) is 0 Å². The van der Waals surface area contributed by atoms with Crippen LogP contribution >= 0.6 is 0 Å². The molecule has 0 saturated carbocycles. The summed E-state index contributed by atoms with van der Waals surface area (Å²) in [6.45, 7) is 0.826. The van der Waals surface area contributed by atoms with Crippen LogP contribution in [0.1, 0.15) is 23.2 Å². The number of phenols is 2. The number of likely N-dealkylation sites (tertiary alicyclic amines) is 1. The van der Waals surface area contributed by atoms with Crippen molar-refractivity contribution in [1.82, 2.24) is 4.90 Å². The number of aliphatic carboxylic acids is 1. The van der Waals surface area contributed by atoms with Crippen molar-refractivity contribution in [3.8, 4) is 11.5 Å². The highest BCUT2D eigenvalue weighted by Crippen LogP contribution is 2.27. The lowest BCUT2D eigenvalue weighted by Gasteiger charge is -2.17. The van der Waals surface area contributed by atoms with Crippen LogP contribution in [-0.4, -0.2) is 45.2 Å². The molecule has 0 aliphatic carbocycles.